The van der Waals surface area contributed by atoms with E-state index < -0.39 is 0 Å². The van der Waals surface area contributed by atoms with E-state index in [-0.39, 0.29) is 0 Å². The van der Waals surface area contributed by atoms with Crippen molar-refractivity contribution in [3.63, 3.8) is 0 Å². The smallest absolute Gasteiger partial charge is 0.0302 e. The standard InChI is InChI=1S/C14H21NS/c1-10(7-11-5-6-11)15-9-13-8-12-3-2-4-14(12)16-13/h8,10-11,15H,2-7,9H2,1H3. The van der Waals surface area contributed by atoms with Crippen molar-refractivity contribution in [1.29, 1.82) is 0 Å². The average molecular weight is 235 g/mol. The van der Waals surface area contributed by atoms with Gasteiger partial charge in [-0.15, -0.1) is 11.3 Å². The van der Waals surface area contributed by atoms with E-state index in [1.807, 2.05) is 11.3 Å². The predicted molar refractivity (Wildman–Crippen MR) is 70.0 cm³/mol. The molecule has 0 aromatic carbocycles. The second-order valence-electron chi connectivity index (χ2n) is 5.48. The van der Waals surface area contributed by atoms with E-state index in [1.54, 1.807) is 15.3 Å². The van der Waals surface area contributed by atoms with Gasteiger partial charge in [-0.2, -0.15) is 0 Å². The van der Waals surface area contributed by atoms with Crippen molar-refractivity contribution in [1.82, 2.24) is 5.32 Å². The minimum absolute atomic E-state index is 0.699. The maximum absolute atomic E-state index is 3.67. The first-order chi connectivity index (χ1) is 7.81. The maximum atomic E-state index is 3.67. The molecule has 0 radical (unpaired) electrons. The summed E-state index contributed by atoms with van der Waals surface area (Å²) in [4.78, 5) is 3.21. The van der Waals surface area contributed by atoms with Gasteiger partial charge in [0.1, 0.15) is 0 Å². The van der Waals surface area contributed by atoms with Gasteiger partial charge in [0.15, 0.2) is 0 Å². The molecule has 1 aromatic heterocycles. The summed E-state index contributed by atoms with van der Waals surface area (Å²) in [6.45, 7) is 3.42. The molecule has 1 saturated carbocycles. The first kappa shape index (κ1) is 10.8. The fraction of sp³-hybridized carbons (Fsp3) is 0.714. The van der Waals surface area contributed by atoms with Crippen LogP contribution in [0.3, 0.4) is 0 Å². The summed E-state index contributed by atoms with van der Waals surface area (Å²) in [6, 6.07) is 3.13. The molecule has 2 aliphatic carbocycles. The monoisotopic (exact) mass is 235 g/mol. The van der Waals surface area contributed by atoms with Crippen molar-refractivity contribution in [3.8, 4) is 0 Å². The largest absolute Gasteiger partial charge is 0.309 e. The Balaban J connectivity index is 1.49. The molecule has 1 atom stereocenters. The van der Waals surface area contributed by atoms with Crippen molar-refractivity contribution in [2.24, 2.45) is 5.92 Å². The quantitative estimate of drug-likeness (QED) is 0.823. The van der Waals surface area contributed by atoms with Crippen molar-refractivity contribution >= 4 is 11.3 Å². The fourth-order valence-electron chi connectivity index (χ4n) is 2.69. The molecule has 0 bridgehead atoms. The molecular formula is C14H21NS. The lowest BCUT2D eigenvalue weighted by atomic mass is 10.1. The molecule has 2 heteroatoms. The third kappa shape index (κ3) is 2.49. The molecule has 16 heavy (non-hydrogen) atoms. The maximum Gasteiger partial charge on any atom is 0.0302 e. The summed E-state index contributed by atoms with van der Waals surface area (Å²) in [6.07, 6.45) is 8.36. The molecule has 1 fully saturated rings. The van der Waals surface area contributed by atoms with Gasteiger partial charge < -0.3 is 5.32 Å². The zero-order valence-electron chi connectivity index (χ0n) is 10.1. The molecule has 0 saturated heterocycles. The van der Waals surface area contributed by atoms with Crippen LogP contribution in [-0.2, 0) is 19.4 Å². The molecule has 0 spiro atoms. The molecular weight excluding hydrogens is 214 g/mol. The van der Waals surface area contributed by atoms with E-state index in [1.165, 1.54) is 38.5 Å². The minimum Gasteiger partial charge on any atom is -0.309 e. The van der Waals surface area contributed by atoms with Crippen molar-refractivity contribution in [2.45, 2.75) is 58.0 Å². The van der Waals surface area contributed by atoms with Gasteiger partial charge in [-0.1, -0.05) is 12.8 Å². The topological polar surface area (TPSA) is 12.0 Å². The van der Waals surface area contributed by atoms with Crippen LogP contribution in [0.2, 0.25) is 0 Å². The Morgan fingerprint density at radius 2 is 2.31 bits per heavy atom. The van der Waals surface area contributed by atoms with E-state index in [2.05, 4.69) is 18.3 Å². The second-order valence-corrected chi connectivity index (χ2v) is 6.70. The van der Waals surface area contributed by atoms with Crippen LogP contribution >= 0.6 is 11.3 Å². The van der Waals surface area contributed by atoms with Gasteiger partial charge >= 0.3 is 0 Å². The molecule has 1 aromatic rings. The first-order valence-corrected chi connectivity index (χ1v) is 7.47. The highest BCUT2D eigenvalue weighted by molar-refractivity contribution is 7.12. The number of thiophene rings is 1. The fourth-order valence-corrected chi connectivity index (χ4v) is 3.90. The van der Waals surface area contributed by atoms with Crippen molar-refractivity contribution < 1.29 is 0 Å². The highest BCUT2D eigenvalue weighted by Gasteiger charge is 2.23. The van der Waals surface area contributed by atoms with Gasteiger partial charge in [0.05, 0.1) is 0 Å². The molecule has 88 valence electrons. The number of fused-ring (bicyclic) bond motifs is 1. The second kappa shape index (κ2) is 4.50. The summed E-state index contributed by atoms with van der Waals surface area (Å²) in [5.74, 6) is 1.04. The van der Waals surface area contributed by atoms with E-state index >= 15 is 0 Å². The van der Waals surface area contributed by atoms with E-state index in [4.69, 9.17) is 0 Å². The van der Waals surface area contributed by atoms with Crippen molar-refractivity contribution in [2.75, 3.05) is 0 Å². The lowest BCUT2D eigenvalue weighted by Gasteiger charge is -2.12. The number of rotatable bonds is 5. The Hall–Kier alpha value is -0.340. The molecule has 3 rings (SSSR count). The highest BCUT2D eigenvalue weighted by Crippen LogP contribution is 2.34. The van der Waals surface area contributed by atoms with E-state index in [0.29, 0.717) is 6.04 Å². The van der Waals surface area contributed by atoms with Gasteiger partial charge in [0.25, 0.3) is 0 Å². The van der Waals surface area contributed by atoms with Crippen LogP contribution in [-0.4, -0.2) is 6.04 Å². The number of aryl methyl sites for hydroxylation is 2. The van der Waals surface area contributed by atoms with E-state index in [0.717, 1.165) is 12.5 Å². The summed E-state index contributed by atoms with van der Waals surface area (Å²) in [7, 11) is 0. The van der Waals surface area contributed by atoms with Gasteiger partial charge in [-0.3, -0.25) is 0 Å². The lowest BCUT2D eigenvalue weighted by Crippen LogP contribution is -2.25. The van der Waals surface area contributed by atoms with Gasteiger partial charge in [-0.25, -0.2) is 0 Å². The Labute approximate surface area is 102 Å². The Bertz CT molecular complexity index is 343. The minimum atomic E-state index is 0.699. The number of hydrogen-bond acceptors (Lipinski definition) is 2. The first-order valence-electron chi connectivity index (χ1n) is 6.65. The molecule has 1 heterocycles. The zero-order chi connectivity index (χ0) is 11.0. The average Bonchev–Trinajstić information content (AvgIpc) is 2.82. The summed E-state index contributed by atoms with van der Waals surface area (Å²) < 4.78 is 0. The normalized spacial score (nSPS) is 21.1. The molecule has 2 aliphatic rings. The molecule has 1 N–H and O–H groups in total. The van der Waals surface area contributed by atoms with Gasteiger partial charge in [-0.05, 0) is 50.2 Å². The molecule has 1 unspecified atom stereocenters. The number of hydrogen-bond donors (Lipinski definition) is 1. The molecule has 0 aliphatic heterocycles. The van der Waals surface area contributed by atoms with Crippen LogP contribution in [0.5, 0.6) is 0 Å². The van der Waals surface area contributed by atoms with E-state index in [9.17, 15) is 0 Å². The van der Waals surface area contributed by atoms with Crippen LogP contribution < -0.4 is 5.32 Å². The number of nitrogens with one attached hydrogen (secondary N) is 1. The van der Waals surface area contributed by atoms with Crippen LogP contribution in [0.1, 0.15) is 47.9 Å². The Morgan fingerprint density at radius 3 is 3.06 bits per heavy atom. The van der Waals surface area contributed by atoms with Gasteiger partial charge in [0, 0.05) is 22.3 Å². The summed E-state index contributed by atoms with van der Waals surface area (Å²) >= 11 is 2.04. The Kier molecular flexibility index (Phi) is 3.03. The predicted octanol–water partition coefficient (Wildman–Crippen LogP) is 3.52. The Morgan fingerprint density at radius 1 is 1.44 bits per heavy atom. The van der Waals surface area contributed by atoms with Crippen LogP contribution in [0, 0.1) is 5.92 Å². The molecule has 0 amide bonds. The van der Waals surface area contributed by atoms with Crippen LogP contribution in [0.25, 0.3) is 0 Å². The van der Waals surface area contributed by atoms with Crippen molar-refractivity contribution in [3.05, 3.63) is 21.4 Å². The third-order valence-electron chi connectivity index (χ3n) is 3.81. The van der Waals surface area contributed by atoms with Gasteiger partial charge in [0.2, 0.25) is 0 Å². The third-order valence-corrected chi connectivity index (χ3v) is 5.04. The molecule has 1 nitrogen and oxygen atoms in total. The SMILES string of the molecule is CC(CC1CC1)NCc1cc2c(s1)CCC2. The lowest BCUT2D eigenvalue weighted by molar-refractivity contribution is 0.489. The highest BCUT2D eigenvalue weighted by atomic mass is 32.1. The van der Waals surface area contributed by atoms with Crippen LogP contribution in [0.4, 0.5) is 0 Å². The summed E-state index contributed by atoms with van der Waals surface area (Å²) in [5, 5.41) is 3.67. The zero-order valence-corrected chi connectivity index (χ0v) is 10.9. The summed E-state index contributed by atoms with van der Waals surface area (Å²) in [5.41, 5.74) is 1.64. The van der Waals surface area contributed by atoms with Crippen LogP contribution in [0.15, 0.2) is 6.07 Å².